The van der Waals surface area contributed by atoms with E-state index in [0.29, 0.717) is 6.61 Å². The first-order chi connectivity index (χ1) is 7.32. The van der Waals surface area contributed by atoms with Crippen LogP contribution in [0.3, 0.4) is 0 Å². The van der Waals surface area contributed by atoms with Crippen LogP contribution in [0.2, 0.25) is 0 Å². The Hall–Kier alpha value is -0.120. The van der Waals surface area contributed by atoms with Crippen molar-refractivity contribution in [2.75, 3.05) is 20.3 Å². The van der Waals surface area contributed by atoms with Crippen LogP contribution >= 0.6 is 0 Å². The van der Waals surface area contributed by atoms with Crippen LogP contribution in [0.4, 0.5) is 0 Å². The highest BCUT2D eigenvalue weighted by Gasteiger charge is 2.32. The van der Waals surface area contributed by atoms with E-state index in [1.54, 1.807) is 0 Å². The number of hydrogen-bond acceptors (Lipinski definition) is 3. The highest BCUT2D eigenvalue weighted by atomic mass is 16.5. The molecule has 0 saturated carbocycles. The lowest BCUT2D eigenvalue weighted by atomic mass is 9.84. The van der Waals surface area contributed by atoms with Crippen LogP contribution in [0.25, 0.3) is 0 Å². The first-order valence-electron chi connectivity index (χ1n) is 6.23. The lowest BCUT2D eigenvalue weighted by Crippen LogP contribution is -2.49. The topological polar surface area (TPSA) is 30.5 Å². The van der Waals surface area contributed by atoms with Crippen LogP contribution < -0.4 is 5.32 Å². The summed E-state index contributed by atoms with van der Waals surface area (Å²) in [5.74, 6) is 0. The van der Waals surface area contributed by atoms with Crippen molar-refractivity contribution in [1.82, 2.24) is 5.32 Å². The van der Waals surface area contributed by atoms with E-state index in [0.717, 1.165) is 6.61 Å². The number of nitrogens with one attached hydrogen (secondary N) is 1. The Balaban J connectivity index is 4.46. The zero-order valence-electron chi connectivity index (χ0n) is 12.0. The Morgan fingerprint density at radius 1 is 1.12 bits per heavy atom. The van der Waals surface area contributed by atoms with Gasteiger partial charge in [-0.2, -0.15) is 0 Å². The molecule has 3 nitrogen and oxygen atoms in total. The quantitative estimate of drug-likeness (QED) is 0.730. The monoisotopic (exact) mass is 231 g/mol. The number of ether oxygens (including phenoxy) is 2. The molecule has 0 radical (unpaired) electrons. The Bertz CT molecular complexity index is 175. The molecule has 0 bridgehead atoms. The highest BCUT2D eigenvalue weighted by molar-refractivity contribution is 4.85. The van der Waals surface area contributed by atoms with Crippen LogP contribution in [0.5, 0.6) is 0 Å². The summed E-state index contributed by atoms with van der Waals surface area (Å²) in [5, 5.41) is 3.30. The minimum Gasteiger partial charge on any atom is -0.377 e. The van der Waals surface area contributed by atoms with Crippen molar-refractivity contribution in [2.45, 2.75) is 59.8 Å². The third-order valence-electron chi connectivity index (χ3n) is 2.55. The zero-order valence-corrected chi connectivity index (χ0v) is 12.0. The zero-order chi connectivity index (χ0) is 12.8. The van der Waals surface area contributed by atoms with E-state index in [-0.39, 0.29) is 23.7 Å². The molecule has 2 atom stereocenters. The molecule has 0 saturated heterocycles. The predicted molar refractivity (Wildman–Crippen MR) is 68.8 cm³/mol. The van der Waals surface area contributed by atoms with E-state index in [9.17, 15) is 0 Å². The van der Waals surface area contributed by atoms with Gasteiger partial charge in [-0.1, -0.05) is 20.8 Å². The standard InChI is InChI=1S/C13H29NO2/c1-8-15-12(13(4,5)6)11(14-7)9-16-10(2)3/h10-12,14H,8-9H2,1-7H3. The van der Waals surface area contributed by atoms with Gasteiger partial charge in [0.15, 0.2) is 0 Å². The molecule has 0 aliphatic carbocycles. The largest absolute Gasteiger partial charge is 0.377 e. The van der Waals surface area contributed by atoms with E-state index < -0.39 is 0 Å². The fraction of sp³-hybridized carbons (Fsp3) is 1.00. The van der Waals surface area contributed by atoms with Gasteiger partial charge in [-0.05, 0) is 33.2 Å². The molecule has 3 heteroatoms. The Morgan fingerprint density at radius 3 is 2.00 bits per heavy atom. The average molecular weight is 231 g/mol. The second-order valence-electron chi connectivity index (χ2n) is 5.52. The Labute approximate surface area is 101 Å². The van der Waals surface area contributed by atoms with Crippen LogP contribution in [0, 0.1) is 5.41 Å². The molecular formula is C13H29NO2. The summed E-state index contributed by atoms with van der Waals surface area (Å²) in [6.07, 6.45) is 0.430. The molecule has 16 heavy (non-hydrogen) atoms. The SMILES string of the molecule is CCOC(C(COC(C)C)NC)C(C)(C)C. The van der Waals surface area contributed by atoms with Gasteiger partial charge >= 0.3 is 0 Å². The molecule has 0 fully saturated rings. The van der Waals surface area contributed by atoms with Crippen molar-refractivity contribution >= 4 is 0 Å². The molecule has 0 aliphatic heterocycles. The molecule has 0 spiro atoms. The average Bonchev–Trinajstić information content (AvgIpc) is 2.15. The van der Waals surface area contributed by atoms with Crippen molar-refractivity contribution in [1.29, 1.82) is 0 Å². The highest BCUT2D eigenvalue weighted by Crippen LogP contribution is 2.25. The van der Waals surface area contributed by atoms with Gasteiger partial charge < -0.3 is 14.8 Å². The Morgan fingerprint density at radius 2 is 1.69 bits per heavy atom. The summed E-state index contributed by atoms with van der Waals surface area (Å²) in [6.45, 7) is 14.2. The smallest absolute Gasteiger partial charge is 0.0798 e. The van der Waals surface area contributed by atoms with Gasteiger partial charge in [-0.15, -0.1) is 0 Å². The third-order valence-corrected chi connectivity index (χ3v) is 2.55. The summed E-state index contributed by atoms with van der Waals surface area (Å²) < 4.78 is 11.5. The van der Waals surface area contributed by atoms with E-state index in [1.807, 2.05) is 14.0 Å². The third kappa shape index (κ3) is 5.83. The molecule has 0 amide bonds. The van der Waals surface area contributed by atoms with Gasteiger partial charge in [0.2, 0.25) is 0 Å². The molecule has 0 aromatic heterocycles. The first kappa shape index (κ1) is 15.9. The minimum atomic E-state index is 0.115. The summed E-state index contributed by atoms with van der Waals surface area (Å²) in [4.78, 5) is 0. The van der Waals surface area contributed by atoms with Gasteiger partial charge in [-0.3, -0.25) is 0 Å². The van der Waals surface area contributed by atoms with Crippen LogP contribution in [-0.2, 0) is 9.47 Å². The number of rotatable bonds is 7. The number of likely N-dealkylation sites (N-methyl/N-ethyl adjacent to an activating group) is 1. The van der Waals surface area contributed by atoms with Crippen LogP contribution in [0.1, 0.15) is 41.5 Å². The maximum Gasteiger partial charge on any atom is 0.0798 e. The van der Waals surface area contributed by atoms with E-state index in [1.165, 1.54) is 0 Å². The number of hydrogen-bond donors (Lipinski definition) is 1. The van der Waals surface area contributed by atoms with Crippen molar-refractivity contribution in [3.63, 3.8) is 0 Å². The van der Waals surface area contributed by atoms with Crippen molar-refractivity contribution in [3.8, 4) is 0 Å². The second-order valence-corrected chi connectivity index (χ2v) is 5.52. The predicted octanol–water partition coefficient (Wildman–Crippen LogP) is 2.45. The van der Waals surface area contributed by atoms with Crippen LogP contribution in [-0.4, -0.2) is 38.5 Å². The fourth-order valence-electron chi connectivity index (χ4n) is 1.77. The summed E-state index contributed by atoms with van der Waals surface area (Å²) in [7, 11) is 1.96. The summed E-state index contributed by atoms with van der Waals surface area (Å²) in [5.41, 5.74) is 0.115. The van der Waals surface area contributed by atoms with E-state index >= 15 is 0 Å². The maximum atomic E-state index is 5.85. The van der Waals surface area contributed by atoms with Crippen LogP contribution in [0.15, 0.2) is 0 Å². The van der Waals surface area contributed by atoms with Crippen molar-refractivity contribution < 1.29 is 9.47 Å². The molecule has 1 N–H and O–H groups in total. The van der Waals surface area contributed by atoms with Gasteiger partial charge in [-0.25, -0.2) is 0 Å². The van der Waals surface area contributed by atoms with E-state index in [2.05, 4.69) is 39.9 Å². The van der Waals surface area contributed by atoms with Crippen molar-refractivity contribution in [2.24, 2.45) is 5.41 Å². The molecule has 98 valence electrons. The first-order valence-corrected chi connectivity index (χ1v) is 6.23. The fourth-order valence-corrected chi connectivity index (χ4v) is 1.77. The lowest BCUT2D eigenvalue weighted by molar-refractivity contribution is -0.0608. The summed E-state index contributed by atoms with van der Waals surface area (Å²) in [6, 6.07) is 0.238. The molecular weight excluding hydrogens is 202 g/mol. The molecule has 0 aliphatic rings. The minimum absolute atomic E-state index is 0.115. The molecule has 0 rings (SSSR count). The normalized spacial score (nSPS) is 16.5. The van der Waals surface area contributed by atoms with Gasteiger partial charge in [0.05, 0.1) is 24.9 Å². The van der Waals surface area contributed by atoms with Gasteiger partial charge in [0.1, 0.15) is 0 Å². The van der Waals surface area contributed by atoms with Gasteiger partial charge in [0.25, 0.3) is 0 Å². The second kappa shape index (κ2) is 7.25. The lowest BCUT2D eigenvalue weighted by Gasteiger charge is -2.36. The maximum absolute atomic E-state index is 5.85. The molecule has 2 unspecified atom stereocenters. The molecule has 0 aromatic carbocycles. The molecule has 0 aromatic rings. The molecule has 0 heterocycles. The van der Waals surface area contributed by atoms with Crippen molar-refractivity contribution in [3.05, 3.63) is 0 Å². The van der Waals surface area contributed by atoms with E-state index in [4.69, 9.17) is 9.47 Å². The van der Waals surface area contributed by atoms with Gasteiger partial charge in [0, 0.05) is 6.61 Å². The summed E-state index contributed by atoms with van der Waals surface area (Å²) >= 11 is 0. The Kier molecular flexibility index (Phi) is 7.20.